The van der Waals surface area contributed by atoms with Gasteiger partial charge in [0, 0.05) is 70.6 Å². The second-order valence-electron chi connectivity index (χ2n) is 21.4. The molecule has 0 bridgehead atoms. The quantitative estimate of drug-likeness (QED) is 0.0257. The minimum absolute atomic E-state index is 0.00222. The zero-order valence-electron chi connectivity index (χ0n) is 51.9. The highest BCUT2D eigenvalue weighted by Gasteiger charge is 2.33. The van der Waals surface area contributed by atoms with Gasteiger partial charge in [0.05, 0.1) is 52.8 Å². The Balaban J connectivity index is 7.27. The number of carbonyl (C=O) groups is 7. The Morgan fingerprint density at radius 3 is 0.875 bits per heavy atom. The minimum atomic E-state index is -1.28. The monoisotopic (exact) mass is 1240 g/mol. The van der Waals surface area contributed by atoms with Crippen LogP contribution in [-0.4, -0.2) is 154 Å². The van der Waals surface area contributed by atoms with E-state index in [4.69, 9.17) is 45.9 Å². The summed E-state index contributed by atoms with van der Waals surface area (Å²) in [6.07, 6.45) is 3.97. The van der Waals surface area contributed by atoms with E-state index in [1.54, 1.807) is 6.92 Å². The maximum atomic E-state index is 14.8. The third-order valence-corrected chi connectivity index (χ3v) is 13.1. The van der Waals surface area contributed by atoms with Gasteiger partial charge in [0.2, 0.25) is 35.4 Å². The Bertz CT molecular complexity index is 2290. The molecule has 0 saturated carbocycles. The predicted octanol–water partition coefficient (Wildman–Crippen LogP) is -4.23. The molecule has 0 unspecified atom stereocenters. The number of allylic oxidation sites excluding steroid dienone is 1. The first-order chi connectivity index (χ1) is 41.5. The molecular weight excluding hydrogens is 1130 g/mol. The van der Waals surface area contributed by atoms with E-state index in [9.17, 15) is 38.7 Å². The maximum absolute atomic E-state index is 14.8. The summed E-state index contributed by atoms with van der Waals surface area (Å²) in [5, 5.41) is 53.6. The van der Waals surface area contributed by atoms with Gasteiger partial charge < -0.3 is 131 Å². The van der Waals surface area contributed by atoms with Crippen LogP contribution in [0.2, 0.25) is 0 Å². The van der Waals surface area contributed by atoms with Crippen LogP contribution in [-0.2, 0) is 33.6 Å². The Morgan fingerprint density at radius 1 is 0.330 bits per heavy atom. The lowest BCUT2D eigenvalue weighted by Crippen LogP contribution is -2.59. The van der Waals surface area contributed by atoms with Gasteiger partial charge in [0.25, 0.3) is 0 Å². The molecule has 8 atom stereocenters. The van der Waals surface area contributed by atoms with Crippen molar-refractivity contribution in [3.63, 3.8) is 0 Å². The highest BCUT2D eigenvalue weighted by molar-refractivity contribution is 5.96. The normalized spacial score (nSPS) is 13.4. The first-order valence-corrected chi connectivity index (χ1v) is 29.7. The third kappa shape index (κ3) is 41.2. The van der Waals surface area contributed by atoms with Crippen molar-refractivity contribution >= 4 is 41.4 Å². The average molecular weight is 1240 g/mol. The van der Waals surface area contributed by atoms with E-state index in [0.717, 1.165) is 0 Å². The van der Waals surface area contributed by atoms with Gasteiger partial charge in [-0.25, -0.2) is 4.79 Å². The summed E-state index contributed by atoms with van der Waals surface area (Å²) in [6, 6.07) is -8.86. The minimum Gasteiger partial charge on any atom is -0.480 e. The molecular formula is C57H109N23O8. The fraction of sp³-hybridized carbons (Fsp3) is 0.596. The summed E-state index contributed by atoms with van der Waals surface area (Å²) in [7, 11) is 0. The summed E-state index contributed by atoms with van der Waals surface area (Å²) in [5.74, 6) is -3.77. The van der Waals surface area contributed by atoms with Crippen LogP contribution < -0.4 is 126 Å². The lowest BCUT2D eigenvalue weighted by Gasteiger charge is -2.29. The van der Waals surface area contributed by atoms with E-state index in [0.29, 0.717) is 96.3 Å². The van der Waals surface area contributed by atoms with Crippen molar-refractivity contribution in [3.05, 3.63) is 99.1 Å². The number of nitrogens with two attached hydrogens (primary N) is 8. The maximum Gasteiger partial charge on any atom is 0.326 e. The third-order valence-electron chi connectivity index (χ3n) is 13.1. The number of hydrogen-bond donors (Lipinski definition) is 24. The Hall–Kier alpha value is -8.87. The lowest BCUT2D eigenvalue weighted by molar-refractivity contribution is -0.142. The van der Waals surface area contributed by atoms with Crippen molar-refractivity contribution in [3.8, 4) is 0 Å². The molecule has 0 aliphatic heterocycles. The second-order valence-corrected chi connectivity index (χ2v) is 21.4. The topological polar surface area (TPSA) is 528 Å². The van der Waals surface area contributed by atoms with Gasteiger partial charge in [-0.1, -0.05) is 52.6 Å². The molecule has 32 N–H and O–H groups in total. The molecule has 6 amide bonds. The average Bonchev–Trinajstić information content (AvgIpc) is 2.16. The van der Waals surface area contributed by atoms with Gasteiger partial charge in [0.1, 0.15) is 30.2 Å². The number of carboxylic acids is 1. The van der Waals surface area contributed by atoms with Crippen molar-refractivity contribution in [2.24, 2.45) is 45.9 Å². The highest BCUT2D eigenvalue weighted by atomic mass is 16.4. The summed E-state index contributed by atoms with van der Waals surface area (Å²) in [4.78, 5) is 98.1. The number of nitrogens with one attached hydrogen (secondary N) is 15. The van der Waals surface area contributed by atoms with Gasteiger partial charge in [-0.3, -0.25) is 28.8 Å². The van der Waals surface area contributed by atoms with Crippen LogP contribution in [0.25, 0.3) is 0 Å². The Kier molecular flexibility index (Phi) is 41.7. The van der Waals surface area contributed by atoms with E-state index < -0.39 is 89.7 Å². The number of carboxylic acid groups (broad SMARTS) is 1. The summed E-state index contributed by atoms with van der Waals surface area (Å²) in [5.41, 5.74) is 46.9. The van der Waals surface area contributed by atoms with Crippen LogP contribution in [0.3, 0.4) is 0 Å². The number of aliphatic carboxylic acids is 1. The predicted molar refractivity (Wildman–Crippen MR) is 345 cm³/mol. The van der Waals surface area contributed by atoms with Gasteiger partial charge >= 0.3 is 5.97 Å². The Morgan fingerprint density at radius 2 is 0.568 bits per heavy atom. The molecule has 0 radical (unpaired) electrons. The number of amides is 6. The molecule has 31 nitrogen and oxygen atoms in total. The molecule has 88 heavy (non-hydrogen) atoms. The number of carbonyl (C=O) groups excluding carboxylic acids is 6. The fourth-order valence-electron chi connectivity index (χ4n) is 8.52. The van der Waals surface area contributed by atoms with Gasteiger partial charge in [0.15, 0.2) is 0 Å². The molecule has 0 aliphatic rings. The molecule has 0 rings (SSSR count). The molecule has 0 aliphatic carbocycles. The Labute approximate surface area is 520 Å². The van der Waals surface area contributed by atoms with E-state index in [1.807, 2.05) is 0 Å². The number of hydrogen-bond acceptors (Lipinski definition) is 24. The second kappa shape index (κ2) is 46.4. The van der Waals surface area contributed by atoms with Crippen LogP contribution in [0.15, 0.2) is 99.1 Å². The van der Waals surface area contributed by atoms with Crippen molar-refractivity contribution < 1.29 is 38.7 Å². The first-order valence-electron chi connectivity index (χ1n) is 29.7. The van der Waals surface area contributed by atoms with Crippen molar-refractivity contribution in [1.82, 2.24) is 79.8 Å². The summed E-state index contributed by atoms with van der Waals surface area (Å²) >= 11 is 0. The van der Waals surface area contributed by atoms with Crippen LogP contribution in [0, 0.1) is 0 Å². The van der Waals surface area contributed by atoms with Crippen LogP contribution in [0.5, 0.6) is 0 Å². The van der Waals surface area contributed by atoms with E-state index in [2.05, 4.69) is 132 Å². The number of rotatable bonds is 56. The molecule has 0 fully saturated rings. The van der Waals surface area contributed by atoms with Gasteiger partial charge in [-0.15, -0.1) is 0 Å². The first kappa shape index (κ1) is 79.1. The largest absolute Gasteiger partial charge is 0.480 e. The van der Waals surface area contributed by atoms with E-state index >= 15 is 0 Å². The molecule has 0 aromatic heterocycles. The van der Waals surface area contributed by atoms with Crippen molar-refractivity contribution in [2.45, 2.75) is 158 Å². The summed E-state index contributed by atoms with van der Waals surface area (Å²) < 4.78 is 0. The van der Waals surface area contributed by atoms with Gasteiger partial charge in [-0.2, -0.15) is 0 Å². The van der Waals surface area contributed by atoms with Crippen LogP contribution >= 0.6 is 0 Å². The molecule has 0 aromatic rings. The summed E-state index contributed by atoms with van der Waals surface area (Å²) in [6.45, 7) is 33.7. The van der Waals surface area contributed by atoms with Gasteiger partial charge in [-0.05, 0) is 110 Å². The molecule has 0 heterocycles. The van der Waals surface area contributed by atoms with Crippen LogP contribution in [0.1, 0.15) is 110 Å². The zero-order chi connectivity index (χ0) is 66.6. The fourth-order valence-corrected chi connectivity index (χ4v) is 8.52. The standard InChI is InChI=1S/C57H109N23O8/c1-35(2)66-26-13-21-48(79-56(86)49(24-16-32-72-41(8)63)78-54(84)47(23-15-31-71-40(7)62)76-51(81)44(65)19-11-28-68-37(4)59)55(85)77-46(22-14-30-70-39(6)61)53(83)75-43(18-10-27-67-36(3)58)34-74-45(20-12-29-69-38(5)60)52(82)80-50(57(87)88)25-17-33-73-42(9)64/h43-50,66-74H,1,3-34,58-65H2,2H3,(H,75,83)(H,76,81)(H,77,85)(H,78,84)(H,79,86)(H,80,82)(H,87,88)/t43-,44-,45-,46-,47-,48-,49-,50-/m0/s1. The highest BCUT2D eigenvalue weighted by Crippen LogP contribution is 2.10. The van der Waals surface area contributed by atoms with Crippen molar-refractivity contribution in [1.29, 1.82) is 0 Å². The molecule has 0 saturated heterocycles. The molecule has 0 aromatic carbocycles. The van der Waals surface area contributed by atoms with Crippen LogP contribution in [0.4, 0.5) is 0 Å². The molecule has 0 spiro atoms. The van der Waals surface area contributed by atoms with Crippen molar-refractivity contribution in [2.75, 3.05) is 58.9 Å². The SMILES string of the molecule is C=C(C)NCCC[C@H](NC(=O)[C@H](CCCNC(=C)N)NC(=O)[C@H](CCCNC(=C)N)NC(=O)[C@@H](N)CCCNC(=C)N)C(=O)N[C@@H](CCCNC(=C)N)C(=O)N[C@@H](CCCNC(=C)N)CN[C@@H](CCCNC(=C)N)C(=O)N[C@@H](CCCNC(=C)N)C(=O)O. The smallest absolute Gasteiger partial charge is 0.326 e. The molecule has 31 heteroatoms. The molecule has 500 valence electrons. The lowest BCUT2D eigenvalue weighted by atomic mass is 10.0. The van der Waals surface area contributed by atoms with E-state index in [-0.39, 0.29) is 112 Å². The van der Waals surface area contributed by atoms with E-state index in [1.165, 1.54) is 0 Å². The zero-order valence-corrected chi connectivity index (χ0v) is 51.9.